The molecule has 3 heteroatoms. The molecule has 0 radical (unpaired) electrons. The molecule has 0 saturated carbocycles. The molecule has 0 aliphatic rings. The molecular weight excluding hydrogens is 246 g/mol. The average molecular weight is 263 g/mol. The molecule has 0 amide bonds. The monoisotopic (exact) mass is 263 g/mol. The lowest BCUT2D eigenvalue weighted by Gasteiger charge is -2.10. The van der Waals surface area contributed by atoms with Gasteiger partial charge in [-0.3, -0.25) is 0 Å². The van der Waals surface area contributed by atoms with E-state index in [9.17, 15) is 0 Å². The van der Waals surface area contributed by atoms with E-state index in [1.807, 2.05) is 42.2 Å². The van der Waals surface area contributed by atoms with Crippen LogP contribution in [-0.2, 0) is 6.54 Å². The second kappa shape index (κ2) is 5.72. The van der Waals surface area contributed by atoms with Crippen molar-refractivity contribution in [1.82, 2.24) is 15.1 Å². The van der Waals surface area contributed by atoms with Crippen LogP contribution in [0.5, 0.6) is 0 Å². The molecule has 0 bridgehead atoms. The zero-order chi connectivity index (χ0) is 13.8. The Kier molecular flexibility index (Phi) is 3.61. The summed E-state index contributed by atoms with van der Waals surface area (Å²) >= 11 is 0. The molecule has 20 heavy (non-hydrogen) atoms. The number of nitrogens with zero attached hydrogens (tertiary/aromatic N) is 2. The van der Waals surface area contributed by atoms with Crippen LogP contribution in [0.3, 0.4) is 0 Å². The van der Waals surface area contributed by atoms with Crippen LogP contribution >= 0.6 is 0 Å². The first-order valence-corrected chi connectivity index (χ1v) is 6.72. The third kappa shape index (κ3) is 2.36. The summed E-state index contributed by atoms with van der Waals surface area (Å²) in [4.78, 5) is 0. The highest BCUT2D eigenvalue weighted by Crippen LogP contribution is 2.26. The maximum absolute atomic E-state index is 4.56. The predicted octanol–water partition coefficient (Wildman–Crippen LogP) is 3.26. The van der Waals surface area contributed by atoms with Gasteiger partial charge < -0.3 is 5.32 Å². The maximum atomic E-state index is 4.56. The zero-order valence-corrected chi connectivity index (χ0v) is 11.5. The standard InChI is InChI=1S/C17H17N3/c1-18-12-15-13-19-20(16-10-6-3-7-11-16)17(15)14-8-4-2-5-9-14/h2-11,13,18H,12H2,1H3. The van der Waals surface area contributed by atoms with Gasteiger partial charge in [-0.05, 0) is 19.2 Å². The van der Waals surface area contributed by atoms with Crippen molar-refractivity contribution in [2.24, 2.45) is 0 Å². The lowest BCUT2D eigenvalue weighted by Crippen LogP contribution is -2.06. The second-order valence-electron chi connectivity index (χ2n) is 4.66. The van der Waals surface area contributed by atoms with E-state index in [-0.39, 0.29) is 0 Å². The summed E-state index contributed by atoms with van der Waals surface area (Å²) in [6, 6.07) is 20.6. The van der Waals surface area contributed by atoms with Crippen molar-refractivity contribution >= 4 is 0 Å². The van der Waals surface area contributed by atoms with Gasteiger partial charge in [0.2, 0.25) is 0 Å². The molecule has 100 valence electrons. The molecule has 2 aromatic carbocycles. The zero-order valence-electron chi connectivity index (χ0n) is 11.5. The molecule has 3 nitrogen and oxygen atoms in total. The minimum absolute atomic E-state index is 0.803. The predicted molar refractivity (Wildman–Crippen MR) is 81.8 cm³/mol. The van der Waals surface area contributed by atoms with E-state index in [0.29, 0.717) is 0 Å². The second-order valence-corrected chi connectivity index (χ2v) is 4.66. The number of nitrogens with one attached hydrogen (secondary N) is 1. The number of para-hydroxylation sites is 1. The fourth-order valence-electron chi connectivity index (χ4n) is 2.37. The Labute approximate surface area is 118 Å². The van der Waals surface area contributed by atoms with Crippen LogP contribution in [0.25, 0.3) is 16.9 Å². The van der Waals surface area contributed by atoms with E-state index in [1.165, 1.54) is 11.1 Å². The van der Waals surface area contributed by atoms with Crippen molar-refractivity contribution in [3.05, 3.63) is 72.4 Å². The molecule has 3 aromatic rings. The molecule has 0 spiro atoms. The van der Waals surface area contributed by atoms with Crippen molar-refractivity contribution in [2.45, 2.75) is 6.54 Å². The van der Waals surface area contributed by atoms with Crippen molar-refractivity contribution in [3.63, 3.8) is 0 Å². The Morgan fingerprint density at radius 1 is 0.950 bits per heavy atom. The lowest BCUT2D eigenvalue weighted by atomic mass is 10.1. The van der Waals surface area contributed by atoms with E-state index >= 15 is 0 Å². The molecule has 0 atom stereocenters. The molecule has 1 N–H and O–H groups in total. The van der Waals surface area contributed by atoms with Gasteiger partial charge in [0.1, 0.15) is 0 Å². The summed E-state index contributed by atoms with van der Waals surface area (Å²) in [5, 5.41) is 7.76. The molecular formula is C17H17N3. The average Bonchev–Trinajstić information content (AvgIpc) is 2.93. The van der Waals surface area contributed by atoms with Crippen molar-refractivity contribution < 1.29 is 0 Å². The van der Waals surface area contributed by atoms with Gasteiger partial charge in [-0.15, -0.1) is 0 Å². The van der Waals surface area contributed by atoms with Gasteiger partial charge in [0.15, 0.2) is 0 Å². The third-order valence-corrected chi connectivity index (χ3v) is 3.26. The number of hydrogen-bond acceptors (Lipinski definition) is 2. The highest BCUT2D eigenvalue weighted by Gasteiger charge is 2.13. The minimum Gasteiger partial charge on any atom is -0.316 e. The van der Waals surface area contributed by atoms with Gasteiger partial charge in [0.05, 0.1) is 17.6 Å². The van der Waals surface area contributed by atoms with E-state index in [4.69, 9.17) is 0 Å². The number of rotatable bonds is 4. The molecule has 0 aliphatic heterocycles. The molecule has 0 unspecified atom stereocenters. The van der Waals surface area contributed by atoms with Crippen LogP contribution in [0, 0.1) is 0 Å². The minimum atomic E-state index is 0.803. The van der Waals surface area contributed by atoms with Crippen LogP contribution < -0.4 is 5.32 Å². The van der Waals surface area contributed by atoms with Crippen LogP contribution in [0.2, 0.25) is 0 Å². The normalized spacial score (nSPS) is 10.7. The molecule has 3 rings (SSSR count). The van der Waals surface area contributed by atoms with Gasteiger partial charge in [0.25, 0.3) is 0 Å². The summed E-state index contributed by atoms with van der Waals surface area (Å²) in [6.45, 7) is 0.803. The van der Waals surface area contributed by atoms with Crippen LogP contribution in [0.15, 0.2) is 66.9 Å². The van der Waals surface area contributed by atoms with Crippen LogP contribution in [-0.4, -0.2) is 16.8 Å². The SMILES string of the molecule is CNCc1cnn(-c2ccccc2)c1-c1ccccc1. The fraction of sp³-hybridized carbons (Fsp3) is 0.118. The highest BCUT2D eigenvalue weighted by atomic mass is 15.3. The van der Waals surface area contributed by atoms with Crippen molar-refractivity contribution in [3.8, 4) is 16.9 Å². The maximum Gasteiger partial charge on any atom is 0.0785 e. The van der Waals surface area contributed by atoms with Crippen molar-refractivity contribution in [2.75, 3.05) is 7.05 Å². The lowest BCUT2D eigenvalue weighted by molar-refractivity contribution is 0.819. The molecule has 1 aromatic heterocycles. The molecule has 0 aliphatic carbocycles. The summed E-state index contributed by atoms with van der Waals surface area (Å²) in [7, 11) is 1.95. The Hall–Kier alpha value is -2.39. The Balaban J connectivity index is 2.17. The summed E-state index contributed by atoms with van der Waals surface area (Å²) in [6.07, 6.45) is 1.94. The summed E-state index contributed by atoms with van der Waals surface area (Å²) in [5.74, 6) is 0. The van der Waals surface area contributed by atoms with Crippen LogP contribution in [0.4, 0.5) is 0 Å². The van der Waals surface area contributed by atoms with E-state index in [1.54, 1.807) is 0 Å². The number of aromatic nitrogens is 2. The smallest absolute Gasteiger partial charge is 0.0785 e. The van der Waals surface area contributed by atoms with Crippen LogP contribution in [0.1, 0.15) is 5.56 Å². The first kappa shape index (κ1) is 12.6. The Morgan fingerprint density at radius 2 is 1.60 bits per heavy atom. The van der Waals surface area contributed by atoms with Gasteiger partial charge in [-0.1, -0.05) is 48.5 Å². The van der Waals surface area contributed by atoms with Gasteiger partial charge in [0, 0.05) is 17.7 Å². The molecule has 1 heterocycles. The summed E-state index contributed by atoms with van der Waals surface area (Å²) < 4.78 is 2.00. The Morgan fingerprint density at radius 3 is 2.25 bits per heavy atom. The van der Waals surface area contributed by atoms with Gasteiger partial charge >= 0.3 is 0 Å². The number of hydrogen-bond donors (Lipinski definition) is 1. The van der Waals surface area contributed by atoms with E-state index < -0.39 is 0 Å². The quantitative estimate of drug-likeness (QED) is 0.783. The first-order valence-electron chi connectivity index (χ1n) is 6.72. The topological polar surface area (TPSA) is 29.9 Å². The molecule has 0 fully saturated rings. The summed E-state index contributed by atoms with van der Waals surface area (Å²) in [5.41, 5.74) is 4.60. The first-order chi connectivity index (χ1) is 9.90. The number of benzene rings is 2. The Bertz CT molecular complexity index is 672. The van der Waals surface area contributed by atoms with E-state index in [0.717, 1.165) is 17.9 Å². The molecule has 0 saturated heterocycles. The van der Waals surface area contributed by atoms with E-state index in [2.05, 4.69) is 46.8 Å². The largest absolute Gasteiger partial charge is 0.316 e. The van der Waals surface area contributed by atoms with Gasteiger partial charge in [-0.2, -0.15) is 5.10 Å². The fourth-order valence-corrected chi connectivity index (χ4v) is 2.37. The van der Waals surface area contributed by atoms with Crippen molar-refractivity contribution in [1.29, 1.82) is 0 Å². The third-order valence-electron chi connectivity index (χ3n) is 3.26. The highest BCUT2D eigenvalue weighted by molar-refractivity contribution is 5.65. The van der Waals surface area contributed by atoms with Gasteiger partial charge in [-0.25, -0.2) is 4.68 Å².